The van der Waals surface area contributed by atoms with Crippen LogP contribution in [0.2, 0.25) is 0 Å². The zero-order chi connectivity index (χ0) is 20.0. The average Bonchev–Trinajstić information content (AvgIpc) is 3.02. The van der Waals surface area contributed by atoms with Crippen LogP contribution in [0.4, 0.5) is 0 Å². The molecule has 0 bridgehead atoms. The van der Waals surface area contributed by atoms with Crippen molar-refractivity contribution in [2.24, 2.45) is 5.73 Å². The van der Waals surface area contributed by atoms with Crippen LogP contribution in [0.3, 0.4) is 0 Å². The minimum Gasteiger partial charge on any atom is -0.497 e. The third kappa shape index (κ3) is 5.42. The van der Waals surface area contributed by atoms with Gasteiger partial charge in [-0.3, -0.25) is 4.68 Å². The van der Waals surface area contributed by atoms with E-state index in [0.29, 0.717) is 12.2 Å². The van der Waals surface area contributed by atoms with Gasteiger partial charge in [-0.25, -0.2) is 9.59 Å². The van der Waals surface area contributed by atoms with Gasteiger partial charge in [0.2, 0.25) is 0 Å². The number of methoxy groups -OCH3 is 1. The maximum absolute atomic E-state index is 9.55. The van der Waals surface area contributed by atoms with Gasteiger partial charge < -0.3 is 20.7 Å². The number of carbonyl (C=O) groups is 2. The molecule has 1 unspecified atom stereocenters. The Kier molecular flexibility index (Phi) is 6.73. The van der Waals surface area contributed by atoms with E-state index >= 15 is 0 Å². The minimum atomic E-state index is -1.26. The predicted octanol–water partition coefficient (Wildman–Crippen LogP) is 1.72. The van der Waals surface area contributed by atoms with Crippen LogP contribution in [-0.2, 0) is 29.0 Å². The van der Waals surface area contributed by atoms with Crippen LogP contribution in [0.15, 0.2) is 36.5 Å². The molecule has 0 radical (unpaired) electrons. The number of hydrogen-bond donors (Lipinski definition) is 3. The smallest absolute Gasteiger partial charge is 0.328 e. The summed E-state index contributed by atoms with van der Waals surface area (Å²) >= 11 is 0. The second kappa shape index (κ2) is 9.00. The molecule has 2 aromatic rings. The van der Waals surface area contributed by atoms with Gasteiger partial charge in [-0.15, -0.1) is 0 Å². The lowest BCUT2D eigenvalue weighted by Gasteiger charge is -2.20. The molecule has 144 valence electrons. The first-order chi connectivity index (χ1) is 12.8. The zero-order valence-corrected chi connectivity index (χ0v) is 15.3. The van der Waals surface area contributed by atoms with E-state index in [2.05, 4.69) is 17.2 Å². The third-order valence-electron chi connectivity index (χ3n) is 3.98. The second-order valence-corrected chi connectivity index (χ2v) is 6.21. The maximum atomic E-state index is 9.55. The first kappa shape index (κ1) is 20.2. The average molecular weight is 373 g/mol. The van der Waals surface area contributed by atoms with E-state index in [1.54, 1.807) is 7.11 Å². The number of aryl methyl sites for hydroxylation is 2. The van der Waals surface area contributed by atoms with E-state index < -0.39 is 11.9 Å². The fourth-order valence-corrected chi connectivity index (χ4v) is 2.86. The highest BCUT2D eigenvalue weighted by Gasteiger charge is 2.21. The molecule has 0 saturated heterocycles. The summed E-state index contributed by atoms with van der Waals surface area (Å²) in [5.74, 6) is -1.63. The summed E-state index contributed by atoms with van der Waals surface area (Å²) in [4.78, 5) is 19.1. The number of benzene rings is 1. The fraction of sp³-hybridized carbons (Fsp3) is 0.316. The molecule has 0 amide bonds. The van der Waals surface area contributed by atoms with Crippen molar-refractivity contribution in [1.29, 1.82) is 0 Å². The number of aliphatic carboxylic acids is 2. The standard InChI is InChI=1S/C15H19N3O.C4H4O4/c1-10(16)9-18-15-12(8-17-18)4-3-11-5-6-13(19-2)7-14(11)15;5-3(6)1-2-4(7)8/h5-8,10H,3-4,9,16H2,1-2H3;1-2H,(H,5,6)(H,7,8)/b;2-1+. The lowest BCUT2D eigenvalue weighted by atomic mass is 9.90. The van der Waals surface area contributed by atoms with Crippen LogP contribution in [0.1, 0.15) is 18.1 Å². The molecule has 0 spiro atoms. The molecule has 1 aliphatic carbocycles. The van der Waals surface area contributed by atoms with Crippen molar-refractivity contribution in [3.8, 4) is 17.0 Å². The maximum Gasteiger partial charge on any atom is 0.328 e. The van der Waals surface area contributed by atoms with Crippen molar-refractivity contribution >= 4 is 11.9 Å². The molecule has 27 heavy (non-hydrogen) atoms. The molecular formula is C19H23N3O5. The van der Waals surface area contributed by atoms with Gasteiger partial charge >= 0.3 is 11.9 Å². The highest BCUT2D eigenvalue weighted by Crippen LogP contribution is 2.35. The third-order valence-corrected chi connectivity index (χ3v) is 3.98. The van der Waals surface area contributed by atoms with Crippen LogP contribution in [0.5, 0.6) is 5.75 Å². The summed E-state index contributed by atoms with van der Waals surface area (Å²) in [7, 11) is 1.70. The largest absolute Gasteiger partial charge is 0.497 e. The van der Waals surface area contributed by atoms with E-state index in [1.807, 2.05) is 23.9 Å². The Morgan fingerprint density at radius 3 is 2.44 bits per heavy atom. The Bertz CT molecular complexity index is 839. The van der Waals surface area contributed by atoms with E-state index in [1.165, 1.54) is 22.4 Å². The number of rotatable bonds is 5. The Balaban J connectivity index is 0.000000279. The van der Waals surface area contributed by atoms with Gasteiger partial charge in [0.15, 0.2) is 0 Å². The van der Waals surface area contributed by atoms with Crippen molar-refractivity contribution in [3.05, 3.63) is 47.7 Å². The van der Waals surface area contributed by atoms with Gasteiger partial charge in [0, 0.05) is 23.8 Å². The van der Waals surface area contributed by atoms with Gasteiger partial charge in [0.25, 0.3) is 0 Å². The van der Waals surface area contributed by atoms with Crippen molar-refractivity contribution < 1.29 is 24.5 Å². The minimum absolute atomic E-state index is 0.0972. The van der Waals surface area contributed by atoms with Crippen molar-refractivity contribution in [3.63, 3.8) is 0 Å². The summed E-state index contributed by atoms with van der Waals surface area (Å²) in [5, 5.41) is 20.1. The van der Waals surface area contributed by atoms with Gasteiger partial charge in [0.1, 0.15) is 5.75 Å². The molecule has 4 N–H and O–H groups in total. The summed E-state index contributed by atoms with van der Waals surface area (Å²) in [5.41, 5.74) is 11.0. The normalized spacial score (nSPS) is 13.1. The quantitative estimate of drug-likeness (QED) is 0.681. The molecular weight excluding hydrogens is 350 g/mol. The van der Waals surface area contributed by atoms with Crippen LogP contribution in [0.25, 0.3) is 11.3 Å². The number of hydrogen-bond acceptors (Lipinski definition) is 5. The van der Waals surface area contributed by atoms with E-state index in [4.69, 9.17) is 20.7 Å². The second-order valence-electron chi connectivity index (χ2n) is 6.21. The molecule has 3 rings (SSSR count). The van der Waals surface area contributed by atoms with Crippen LogP contribution in [-0.4, -0.2) is 45.1 Å². The molecule has 0 saturated carbocycles. The number of ether oxygens (including phenoxy) is 1. The molecule has 1 aliphatic rings. The molecule has 8 nitrogen and oxygen atoms in total. The SMILES string of the molecule is COc1ccc2c(c1)-c1c(cnn1CC(C)N)CC2.O=C(O)/C=C/C(=O)O. The predicted molar refractivity (Wildman–Crippen MR) is 99.7 cm³/mol. The van der Waals surface area contributed by atoms with Crippen molar-refractivity contribution in [2.75, 3.05) is 7.11 Å². The lowest BCUT2D eigenvalue weighted by molar-refractivity contribution is -0.134. The van der Waals surface area contributed by atoms with Gasteiger partial charge in [-0.1, -0.05) is 6.07 Å². The first-order valence-electron chi connectivity index (χ1n) is 8.43. The van der Waals surface area contributed by atoms with Crippen LogP contribution in [0, 0.1) is 0 Å². The van der Waals surface area contributed by atoms with Crippen molar-refractivity contribution in [1.82, 2.24) is 9.78 Å². The Morgan fingerprint density at radius 1 is 1.26 bits per heavy atom. The van der Waals surface area contributed by atoms with Crippen molar-refractivity contribution in [2.45, 2.75) is 32.4 Å². The fourth-order valence-electron chi connectivity index (χ4n) is 2.86. The van der Waals surface area contributed by atoms with E-state index in [9.17, 15) is 9.59 Å². The number of carboxylic acids is 2. The Hall–Kier alpha value is -3.13. The first-order valence-corrected chi connectivity index (χ1v) is 8.43. The van der Waals surface area contributed by atoms with Gasteiger partial charge in [-0.2, -0.15) is 5.10 Å². The molecule has 1 aromatic heterocycles. The molecule has 1 atom stereocenters. The van der Waals surface area contributed by atoms with E-state index in [0.717, 1.165) is 25.1 Å². The Morgan fingerprint density at radius 2 is 1.89 bits per heavy atom. The number of carboxylic acid groups (broad SMARTS) is 2. The lowest BCUT2D eigenvalue weighted by Crippen LogP contribution is -2.23. The summed E-state index contributed by atoms with van der Waals surface area (Å²) in [6.07, 6.45) is 5.20. The summed E-state index contributed by atoms with van der Waals surface area (Å²) in [6.45, 7) is 2.75. The van der Waals surface area contributed by atoms with Gasteiger partial charge in [-0.05, 0) is 43.0 Å². The molecule has 1 heterocycles. The molecule has 1 aromatic carbocycles. The topological polar surface area (TPSA) is 128 Å². The number of aromatic nitrogens is 2. The van der Waals surface area contributed by atoms with Crippen LogP contribution >= 0.6 is 0 Å². The molecule has 0 aliphatic heterocycles. The molecule has 0 fully saturated rings. The van der Waals surface area contributed by atoms with Crippen LogP contribution < -0.4 is 10.5 Å². The zero-order valence-electron chi connectivity index (χ0n) is 15.3. The Labute approximate surface area is 156 Å². The monoisotopic (exact) mass is 373 g/mol. The summed E-state index contributed by atoms with van der Waals surface area (Å²) < 4.78 is 7.36. The number of nitrogens with zero attached hydrogens (tertiary/aromatic N) is 2. The summed E-state index contributed by atoms with van der Waals surface area (Å²) in [6, 6.07) is 6.38. The number of fused-ring (bicyclic) bond motifs is 3. The molecule has 8 heteroatoms. The number of nitrogens with two attached hydrogens (primary N) is 1. The highest BCUT2D eigenvalue weighted by molar-refractivity contribution is 5.89. The van der Waals surface area contributed by atoms with Gasteiger partial charge in [0.05, 0.1) is 25.5 Å². The highest BCUT2D eigenvalue weighted by atomic mass is 16.5. The van der Waals surface area contributed by atoms with E-state index in [-0.39, 0.29) is 6.04 Å².